The third kappa shape index (κ3) is 2.24. The van der Waals surface area contributed by atoms with Gasteiger partial charge in [-0.05, 0) is 31.0 Å². The zero-order chi connectivity index (χ0) is 13.2. The van der Waals surface area contributed by atoms with Gasteiger partial charge in [0.25, 0.3) is 0 Å². The Hall–Kier alpha value is -1.80. The summed E-state index contributed by atoms with van der Waals surface area (Å²) in [6.45, 7) is 3.56. The van der Waals surface area contributed by atoms with Gasteiger partial charge >= 0.3 is 0 Å². The number of hydrogen-bond donors (Lipinski definition) is 1. The zero-order valence-corrected chi connectivity index (χ0v) is 11.2. The molecule has 3 rings (SSSR count). The molecule has 0 amide bonds. The Morgan fingerprint density at radius 3 is 2.84 bits per heavy atom. The third-order valence-corrected chi connectivity index (χ3v) is 3.81. The van der Waals surface area contributed by atoms with Crippen LogP contribution in [-0.4, -0.2) is 13.2 Å². The average molecular weight is 253 g/mol. The van der Waals surface area contributed by atoms with Gasteiger partial charge in [0.15, 0.2) is 0 Å². The quantitative estimate of drug-likeness (QED) is 0.889. The van der Waals surface area contributed by atoms with Crippen molar-refractivity contribution < 1.29 is 4.74 Å². The molecule has 1 aliphatic rings. The first kappa shape index (κ1) is 12.2. The van der Waals surface area contributed by atoms with Crippen molar-refractivity contribution in [2.75, 3.05) is 13.2 Å². The Morgan fingerprint density at radius 1 is 1.21 bits per heavy atom. The average Bonchev–Trinajstić information content (AvgIpc) is 2.46. The van der Waals surface area contributed by atoms with Crippen molar-refractivity contribution in [1.29, 1.82) is 0 Å². The van der Waals surface area contributed by atoms with Crippen LogP contribution in [0.2, 0.25) is 0 Å². The third-order valence-electron chi connectivity index (χ3n) is 3.81. The molecule has 0 unspecified atom stereocenters. The van der Waals surface area contributed by atoms with Crippen molar-refractivity contribution in [2.24, 2.45) is 5.73 Å². The lowest BCUT2D eigenvalue weighted by Gasteiger charge is -2.27. The van der Waals surface area contributed by atoms with Gasteiger partial charge in [-0.3, -0.25) is 0 Å². The molecule has 0 saturated carbocycles. The Kier molecular flexibility index (Phi) is 3.26. The molecule has 2 aromatic carbocycles. The number of aryl methyl sites for hydroxylation is 1. The first-order chi connectivity index (χ1) is 9.29. The number of para-hydroxylation sites is 1. The highest BCUT2D eigenvalue weighted by Gasteiger charge is 2.22. The zero-order valence-electron chi connectivity index (χ0n) is 11.2. The fourth-order valence-corrected chi connectivity index (χ4v) is 2.78. The van der Waals surface area contributed by atoms with Gasteiger partial charge in [0.1, 0.15) is 5.75 Å². The summed E-state index contributed by atoms with van der Waals surface area (Å²) in [6.07, 6.45) is 1.01. The van der Waals surface area contributed by atoms with E-state index in [1.165, 1.54) is 22.3 Å². The van der Waals surface area contributed by atoms with Crippen LogP contribution >= 0.6 is 0 Å². The summed E-state index contributed by atoms with van der Waals surface area (Å²) >= 11 is 0. The topological polar surface area (TPSA) is 35.2 Å². The molecule has 2 nitrogen and oxygen atoms in total. The van der Waals surface area contributed by atoms with E-state index < -0.39 is 0 Å². The van der Waals surface area contributed by atoms with Crippen molar-refractivity contribution in [3.8, 4) is 16.9 Å². The predicted octanol–water partition coefficient (Wildman–Crippen LogP) is 3.49. The molecule has 19 heavy (non-hydrogen) atoms. The van der Waals surface area contributed by atoms with Crippen LogP contribution in [0.15, 0.2) is 42.5 Å². The molecule has 1 atom stereocenters. The molecule has 1 aliphatic heterocycles. The van der Waals surface area contributed by atoms with E-state index in [1.807, 2.05) is 0 Å². The van der Waals surface area contributed by atoms with Gasteiger partial charge < -0.3 is 10.5 Å². The van der Waals surface area contributed by atoms with Crippen LogP contribution in [0.25, 0.3) is 11.1 Å². The lowest BCUT2D eigenvalue weighted by atomic mass is 9.89. The molecule has 0 fully saturated rings. The molecule has 2 heteroatoms. The van der Waals surface area contributed by atoms with Crippen molar-refractivity contribution in [1.82, 2.24) is 0 Å². The molecule has 0 aromatic heterocycles. The van der Waals surface area contributed by atoms with Crippen LogP contribution in [0.5, 0.6) is 5.75 Å². The minimum Gasteiger partial charge on any atom is -0.493 e. The molecule has 98 valence electrons. The van der Waals surface area contributed by atoms with Crippen molar-refractivity contribution in [3.05, 3.63) is 53.6 Å². The predicted molar refractivity (Wildman–Crippen MR) is 78.5 cm³/mol. The largest absolute Gasteiger partial charge is 0.493 e. The van der Waals surface area contributed by atoms with Gasteiger partial charge in [-0.25, -0.2) is 0 Å². The van der Waals surface area contributed by atoms with Crippen LogP contribution in [0.3, 0.4) is 0 Å². The van der Waals surface area contributed by atoms with E-state index in [4.69, 9.17) is 10.5 Å². The van der Waals surface area contributed by atoms with E-state index in [9.17, 15) is 0 Å². The minimum absolute atomic E-state index is 0.425. The lowest BCUT2D eigenvalue weighted by Crippen LogP contribution is -2.21. The Balaban J connectivity index is 2.13. The maximum Gasteiger partial charge on any atom is 0.130 e. The smallest absolute Gasteiger partial charge is 0.130 e. The fourth-order valence-electron chi connectivity index (χ4n) is 2.78. The molecular formula is C17H19NO. The van der Waals surface area contributed by atoms with E-state index in [-0.39, 0.29) is 0 Å². The Labute approximate surface area is 114 Å². The maximum absolute atomic E-state index is 5.93. The fraction of sp³-hybridized carbons (Fsp3) is 0.294. The van der Waals surface area contributed by atoms with E-state index in [2.05, 4.69) is 49.4 Å². The number of hydrogen-bond acceptors (Lipinski definition) is 2. The van der Waals surface area contributed by atoms with E-state index in [0.29, 0.717) is 12.5 Å². The molecule has 0 spiro atoms. The van der Waals surface area contributed by atoms with Gasteiger partial charge in [-0.2, -0.15) is 0 Å². The number of ether oxygens (including phenoxy) is 1. The number of rotatable bonds is 2. The highest BCUT2D eigenvalue weighted by molar-refractivity contribution is 5.73. The Morgan fingerprint density at radius 2 is 2.05 bits per heavy atom. The summed E-state index contributed by atoms with van der Waals surface area (Å²) in [4.78, 5) is 0. The molecule has 0 radical (unpaired) electrons. The van der Waals surface area contributed by atoms with Crippen LogP contribution < -0.4 is 10.5 Å². The first-order valence-electron chi connectivity index (χ1n) is 6.82. The van der Waals surface area contributed by atoms with Crippen LogP contribution in [0, 0.1) is 6.92 Å². The van der Waals surface area contributed by atoms with Crippen molar-refractivity contribution in [3.63, 3.8) is 0 Å². The summed E-state index contributed by atoms with van der Waals surface area (Å²) in [5.74, 6) is 1.45. The number of nitrogens with two attached hydrogens (primary N) is 1. The van der Waals surface area contributed by atoms with E-state index >= 15 is 0 Å². The summed E-state index contributed by atoms with van der Waals surface area (Å²) in [5, 5.41) is 0. The molecular weight excluding hydrogens is 234 g/mol. The van der Waals surface area contributed by atoms with E-state index in [0.717, 1.165) is 18.8 Å². The minimum atomic E-state index is 0.425. The van der Waals surface area contributed by atoms with E-state index in [1.54, 1.807) is 0 Å². The highest BCUT2D eigenvalue weighted by Crippen LogP contribution is 2.40. The Bertz CT molecular complexity index is 592. The maximum atomic E-state index is 5.93. The second kappa shape index (κ2) is 5.06. The van der Waals surface area contributed by atoms with Crippen molar-refractivity contribution in [2.45, 2.75) is 19.3 Å². The SMILES string of the molecule is Cc1cccc(-c2cccc3c2OCC[C@@H]3CN)c1. The molecule has 2 aromatic rings. The van der Waals surface area contributed by atoms with Crippen LogP contribution in [-0.2, 0) is 0 Å². The van der Waals surface area contributed by atoms with Gasteiger partial charge in [0.05, 0.1) is 6.61 Å². The van der Waals surface area contributed by atoms with Gasteiger partial charge in [0, 0.05) is 11.5 Å². The lowest BCUT2D eigenvalue weighted by molar-refractivity contribution is 0.270. The second-order valence-corrected chi connectivity index (χ2v) is 5.16. The first-order valence-corrected chi connectivity index (χ1v) is 6.82. The summed E-state index contributed by atoms with van der Waals surface area (Å²) in [7, 11) is 0. The standard InChI is InChI=1S/C17H19NO/c1-12-4-2-5-13(10-12)15-6-3-7-16-14(11-18)8-9-19-17(15)16/h2-7,10,14H,8-9,11,18H2,1H3/t14-/m1/s1. The van der Waals surface area contributed by atoms with Crippen molar-refractivity contribution >= 4 is 0 Å². The summed E-state index contributed by atoms with van der Waals surface area (Å²) < 4.78 is 5.93. The highest BCUT2D eigenvalue weighted by atomic mass is 16.5. The molecule has 0 saturated heterocycles. The van der Waals surface area contributed by atoms with Gasteiger partial charge in [-0.15, -0.1) is 0 Å². The monoisotopic (exact) mass is 253 g/mol. The van der Waals surface area contributed by atoms with Gasteiger partial charge in [0.2, 0.25) is 0 Å². The second-order valence-electron chi connectivity index (χ2n) is 5.16. The van der Waals surface area contributed by atoms with Crippen LogP contribution in [0.4, 0.5) is 0 Å². The van der Waals surface area contributed by atoms with Crippen LogP contribution in [0.1, 0.15) is 23.5 Å². The molecule has 1 heterocycles. The molecule has 2 N–H and O–H groups in total. The summed E-state index contributed by atoms with van der Waals surface area (Å²) in [5.41, 5.74) is 10.8. The normalized spacial score (nSPS) is 17.7. The molecule has 0 bridgehead atoms. The van der Waals surface area contributed by atoms with Gasteiger partial charge in [-0.1, -0.05) is 48.0 Å². The molecule has 0 aliphatic carbocycles. The number of fused-ring (bicyclic) bond motifs is 1. The summed E-state index contributed by atoms with van der Waals surface area (Å²) in [6, 6.07) is 14.9. The number of benzene rings is 2.